The molecule has 0 unspecified atom stereocenters. The minimum absolute atomic E-state index is 0.255. The molecule has 1 fully saturated rings. The molecule has 2 aromatic rings. The lowest BCUT2D eigenvalue weighted by Gasteiger charge is -2.20. The number of carbonyl (C=O) groups is 1. The minimum atomic E-state index is -0.384. The summed E-state index contributed by atoms with van der Waals surface area (Å²) >= 11 is 3.37. The van der Waals surface area contributed by atoms with Crippen LogP contribution < -0.4 is 0 Å². The number of rotatable bonds is 5. The van der Waals surface area contributed by atoms with E-state index >= 15 is 0 Å². The van der Waals surface area contributed by atoms with E-state index in [9.17, 15) is 4.79 Å². The van der Waals surface area contributed by atoms with E-state index in [4.69, 9.17) is 4.74 Å². The number of aromatic nitrogens is 3. The van der Waals surface area contributed by atoms with Crippen molar-refractivity contribution in [3.05, 3.63) is 52.3 Å². The van der Waals surface area contributed by atoms with Gasteiger partial charge in [0.15, 0.2) is 0 Å². The molecule has 0 amide bonds. The summed E-state index contributed by atoms with van der Waals surface area (Å²) in [7, 11) is 0. The van der Waals surface area contributed by atoms with E-state index in [1.54, 1.807) is 6.08 Å². The van der Waals surface area contributed by atoms with E-state index in [2.05, 4.69) is 26.2 Å². The highest BCUT2D eigenvalue weighted by atomic mass is 79.9. The summed E-state index contributed by atoms with van der Waals surface area (Å²) in [5, 5.41) is 8.28. The fraction of sp³-hybridized carbons (Fsp3) is 0.389. The van der Waals surface area contributed by atoms with Gasteiger partial charge in [-0.15, -0.1) is 5.10 Å². The SMILES string of the molecule is O=C(/C=C\c1cn(C2CCCCC2)nn1)OCc1ccc(Br)cc1. The van der Waals surface area contributed by atoms with E-state index in [0.717, 1.165) is 22.9 Å². The van der Waals surface area contributed by atoms with Gasteiger partial charge in [0.2, 0.25) is 0 Å². The Balaban J connectivity index is 1.50. The van der Waals surface area contributed by atoms with Crippen molar-refractivity contribution in [3.63, 3.8) is 0 Å². The van der Waals surface area contributed by atoms with Gasteiger partial charge in [-0.25, -0.2) is 9.48 Å². The molecule has 6 heteroatoms. The summed E-state index contributed by atoms with van der Waals surface area (Å²) in [4.78, 5) is 11.8. The third-order valence-corrected chi connectivity index (χ3v) is 4.69. The zero-order chi connectivity index (χ0) is 16.8. The van der Waals surface area contributed by atoms with Crippen molar-refractivity contribution in [1.82, 2.24) is 15.0 Å². The second-order valence-electron chi connectivity index (χ2n) is 5.98. The van der Waals surface area contributed by atoms with Crippen LogP contribution in [0.5, 0.6) is 0 Å². The molecule has 5 nitrogen and oxygen atoms in total. The number of nitrogens with zero attached hydrogens (tertiary/aromatic N) is 3. The maximum absolute atomic E-state index is 11.8. The summed E-state index contributed by atoms with van der Waals surface area (Å²) in [6.45, 7) is 0.255. The molecule has 0 radical (unpaired) electrons. The Bertz CT molecular complexity index is 703. The predicted molar refractivity (Wildman–Crippen MR) is 95.1 cm³/mol. The summed E-state index contributed by atoms with van der Waals surface area (Å²) < 4.78 is 8.14. The van der Waals surface area contributed by atoms with Crippen molar-refractivity contribution in [2.24, 2.45) is 0 Å². The topological polar surface area (TPSA) is 57.0 Å². The van der Waals surface area contributed by atoms with Gasteiger partial charge < -0.3 is 4.74 Å². The molecule has 0 N–H and O–H groups in total. The van der Waals surface area contributed by atoms with Gasteiger partial charge in [0.25, 0.3) is 0 Å². The van der Waals surface area contributed by atoms with Crippen LogP contribution in [0.3, 0.4) is 0 Å². The van der Waals surface area contributed by atoms with Crippen molar-refractivity contribution in [2.45, 2.75) is 44.8 Å². The van der Waals surface area contributed by atoms with Crippen LogP contribution >= 0.6 is 15.9 Å². The molecule has 24 heavy (non-hydrogen) atoms. The second-order valence-corrected chi connectivity index (χ2v) is 6.90. The molecule has 1 aliphatic carbocycles. The lowest BCUT2D eigenvalue weighted by Crippen LogP contribution is -2.13. The van der Waals surface area contributed by atoms with Gasteiger partial charge in [-0.3, -0.25) is 0 Å². The zero-order valence-electron chi connectivity index (χ0n) is 13.4. The summed E-state index contributed by atoms with van der Waals surface area (Å²) in [6.07, 6.45) is 11.1. The van der Waals surface area contributed by atoms with Gasteiger partial charge in [0, 0.05) is 10.5 Å². The molecule has 0 bridgehead atoms. The number of halogens is 1. The lowest BCUT2D eigenvalue weighted by atomic mass is 9.96. The quantitative estimate of drug-likeness (QED) is 0.564. The van der Waals surface area contributed by atoms with Crippen LogP contribution in [0.15, 0.2) is 41.0 Å². The average molecular weight is 390 g/mol. The largest absolute Gasteiger partial charge is 0.458 e. The number of hydrogen-bond donors (Lipinski definition) is 0. The Morgan fingerprint density at radius 2 is 2.00 bits per heavy atom. The Morgan fingerprint density at radius 1 is 1.25 bits per heavy atom. The maximum Gasteiger partial charge on any atom is 0.331 e. The molecule has 3 rings (SSSR count). The molecule has 1 heterocycles. The van der Waals surface area contributed by atoms with Crippen molar-refractivity contribution in [1.29, 1.82) is 0 Å². The smallest absolute Gasteiger partial charge is 0.331 e. The third kappa shape index (κ3) is 4.77. The first-order chi connectivity index (χ1) is 11.7. The molecule has 1 aromatic carbocycles. The van der Waals surface area contributed by atoms with E-state index in [1.165, 1.54) is 25.3 Å². The van der Waals surface area contributed by atoms with Gasteiger partial charge in [-0.05, 0) is 36.6 Å². The average Bonchev–Trinajstić information content (AvgIpc) is 3.09. The second kappa shape index (κ2) is 8.24. The normalized spacial score (nSPS) is 15.7. The fourth-order valence-electron chi connectivity index (χ4n) is 2.83. The fourth-order valence-corrected chi connectivity index (χ4v) is 3.09. The lowest BCUT2D eigenvalue weighted by molar-refractivity contribution is -0.138. The number of benzene rings is 1. The molecule has 1 aromatic heterocycles. The van der Waals surface area contributed by atoms with Crippen LogP contribution in [-0.2, 0) is 16.1 Å². The Kier molecular flexibility index (Phi) is 5.80. The van der Waals surface area contributed by atoms with Crippen molar-refractivity contribution >= 4 is 28.0 Å². The van der Waals surface area contributed by atoms with Crippen molar-refractivity contribution in [3.8, 4) is 0 Å². The van der Waals surface area contributed by atoms with Gasteiger partial charge in [-0.2, -0.15) is 0 Å². The highest BCUT2D eigenvalue weighted by Crippen LogP contribution is 2.27. The monoisotopic (exact) mass is 389 g/mol. The third-order valence-electron chi connectivity index (χ3n) is 4.16. The van der Waals surface area contributed by atoms with E-state index in [-0.39, 0.29) is 12.6 Å². The van der Waals surface area contributed by atoms with Gasteiger partial charge in [0.1, 0.15) is 12.3 Å². The molecule has 0 atom stereocenters. The first-order valence-corrected chi connectivity index (χ1v) is 9.01. The van der Waals surface area contributed by atoms with Gasteiger partial charge in [0.05, 0.1) is 12.2 Å². The van der Waals surface area contributed by atoms with Crippen molar-refractivity contribution < 1.29 is 9.53 Å². The van der Waals surface area contributed by atoms with Crippen LogP contribution in [0.1, 0.15) is 49.4 Å². The summed E-state index contributed by atoms with van der Waals surface area (Å²) in [5.41, 5.74) is 1.63. The van der Waals surface area contributed by atoms with Crippen LogP contribution in [0.25, 0.3) is 6.08 Å². The molecule has 0 saturated heterocycles. The number of carbonyl (C=O) groups excluding carboxylic acids is 1. The Hall–Kier alpha value is -1.95. The minimum Gasteiger partial charge on any atom is -0.458 e. The first kappa shape index (κ1) is 16.9. The highest BCUT2D eigenvalue weighted by molar-refractivity contribution is 9.10. The van der Waals surface area contributed by atoms with Gasteiger partial charge in [-0.1, -0.05) is 52.5 Å². The Morgan fingerprint density at radius 3 is 2.75 bits per heavy atom. The molecular formula is C18H20BrN3O2. The number of hydrogen-bond acceptors (Lipinski definition) is 4. The van der Waals surface area contributed by atoms with E-state index in [0.29, 0.717) is 11.7 Å². The molecule has 0 aliphatic heterocycles. The molecule has 126 valence electrons. The highest BCUT2D eigenvalue weighted by Gasteiger charge is 2.16. The zero-order valence-corrected chi connectivity index (χ0v) is 15.0. The predicted octanol–water partition coefficient (Wildman–Crippen LogP) is 4.30. The first-order valence-electron chi connectivity index (χ1n) is 8.22. The van der Waals surface area contributed by atoms with Crippen LogP contribution in [0.4, 0.5) is 0 Å². The molecular weight excluding hydrogens is 370 g/mol. The van der Waals surface area contributed by atoms with Crippen molar-refractivity contribution in [2.75, 3.05) is 0 Å². The van der Waals surface area contributed by atoms with E-state index in [1.807, 2.05) is 35.1 Å². The van der Waals surface area contributed by atoms with E-state index < -0.39 is 0 Å². The summed E-state index contributed by atoms with van der Waals surface area (Å²) in [5.74, 6) is -0.384. The van der Waals surface area contributed by atoms with Crippen LogP contribution in [0, 0.1) is 0 Å². The molecule has 1 saturated carbocycles. The van der Waals surface area contributed by atoms with Gasteiger partial charge >= 0.3 is 5.97 Å². The molecule has 0 spiro atoms. The summed E-state index contributed by atoms with van der Waals surface area (Å²) in [6, 6.07) is 8.11. The number of esters is 1. The molecule has 1 aliphatic rings. The van der Waals surface area contributed by atoms with Crippen LogP contribution in [0.2, 0.25) is 0 Å². The standard InChI is InChI=1S/C18H20BrN3O2/c19-15-8-6-14(7-9-15)13-24-18(23)11-10-16-12-22(21-20-16)17-4-2-1-3-5-17/h6-12,17H,1-5,13H2/b11-10-. The Labute approximate surface area is 149 Å². The van der Waals surface area contributed by atoms with Crippen LogP contribution in [-0.4, -0.2) is 21.0 Å². The maximum atomic E-state index is 11.8. The number of ether oxygens (including phenoxy) is 1.